The molecule has 158 valence electrons. The Hall–Kier alpha value is -3.68. The molecule has 0 saturated carbocycles. The topological polar surface area (TPSA) is 89.4 Å². The Morgan fingerprint density at radius 2 is 1.90 bits per heavy atom. The third-order valence-corrected chi connectivity index (χ3v) is 5.83. The highest BCUT2D eigenvalue weighted by Gasteiger charge is 2.32. The second kappa shape index (κ2) is 7.86. The van der Waals surface area contributed by atoms with Gasteiger partial charge in [0, 0.05) is 13.5 Å². The van der Waals surface area contributed by atoms with Crippen molar-refractivity contribution < 1.29 is 14.3 Å². The number of anilines is 1. The fourth-order valence-electron chi connectivity index (χ4n) is 4.21. The molecule has 8 heteroatoms. The van der Waals surface area contributed by atoms with Crippen LogP contribution in [-0.2, 0) is 11.2 Å². The Kier molecular flexibility index (Phi) is 4.89. The van der Waals surface area contributed by atoms with E-state index in [9.17, 15) is 9.59 Å². The Morgan fingerprint density at radius 3 is 2.74 bits per heavy atom. The molecular weight excluding hydrogens is 394 g/mol. The molecule has 8 nitrogen and oxygen atoms in total. The maximum Gasteiger partial charge on any atom is 0.291 e. The number of hydrogen-bond acceptors (Lipinski definition) is 5. The number of benzene rings is 2. The second-order valence-electron chi connectivity index (χ2n) is 7.82. The van der Waals surface area contributed by atoms with Crippen LogP contribution in [0.25, 0.3) is 0 Å². The van der Waals surface area contributed by atoms with Gasteiger partial charge in [0.2, 0.25) is 5.82 Å². The molecule has 0 radical (unpaired) electrons. The van der Waals surface area contributed by atoms with E-state index in [0.29, 0.717) is 11.4 Å². The molecule has 2 atom stereocenters. The van der Waals surface area contributed by atoms with E-state index in [-0.39, 0.29) is 24.4 Å². The lowest BCUT2D eigenvalue weighted by molar-refractivity contribution is -0.120. The van der Waals surface area contributed by atoms with Gasteiger partial charge in [0.25, 0.3) is 11.8 Å². The fraction of sp³-hybridized carbons (Fsp3) is 0.304. The Morgan fingerprint density at radius 1 is 1.13 bits per heavy atom. The monoisotopic (exact) mass is 417 g/mol. The third-order valence-electron chi connectivity index (χ3n) is 5.83. The van der Waals surface area contributed by atoms with Crippen LogP contribution >= 0.6 is 0 Å². The predicted octanol–water partition coefficient (Wildman–Crippen LogP) is 2.36. The zero-order valence-electron chi connectivity index (χ0n) is 17.2. The van der Waals surface area contributed by atoms with Crippen molar-refractivity contribution in [3.05, 3.63) is 71.8 Å². The highest BCUT2D eigenvalue weighted by molar-refractivity contribution is 6.02. The average molecular weight is 417 g/mol. The summed E-state index contributed by atoms with van der Waals surface area (Å²) in [6.07, 6.45) is 2.70. The van der Waals surface area contributed by atoms with E-state index in [0.717, 1.165) is 30.7 Å². The highest BCUT2D eigenvalue weighted by atomic mass is 16.5. The first-order chi connectivity index (χ1) is 15.1. The summed E-state index contributed by atoms with van der Waals surface area (Å²) < 4.78 is 7.62. The number of carbonyl (C=O) groups is 2. The lowest BCUT2D eigenvalue weighted by Crippen LogP contribution is -2.49. The zero-order chi connectivity index (χ0) is 21.4. The van der Waals surface area contributed by atoms with Crippen LogP contribution < -0.4 is 15.0 Å². The van der Waals surface area contributed by atoms with Crippen LogP contribution in [0.2, 0.25) is 0 Å². The van der Waals surface area contributed by atoms with Gasteiger partial charge in [0.15, 0.2) is 0 Å². The van der Waals surface area contributed by atoms with Gasteiger partial charge in [-0.3, -0.25) is 9.59 Å². The number of ether oxygens (including phenoxy) is 1. The number of fused-ring (bicyclic) bond motifs is 2. The van der Waals surface area contributed by atoms with Gasteiger partial charge in [0.1, 0.15) is 24.2 Å². The summed E-state index contributed by atoms with van der Waals surface area (Å²) in [5, 5.41) is 7.27. The van der Waals surface area contributed by atoms with Gasteiger partial charge in [-0.2, -0.15) is 0 Å². The third kappa shape index (κ3) is 3.54. The van der Waals surface area contributed by atoms with Crippen molar-refractivity contribution in [2.45, 2.75) is 31.3 Å². The summed E-state index contributed by atoms with van der Waals surface area (Å²) in [6, 6.07) is 16.6. The molecule has 1 N–H and O–H groups in total. The fourth-order valence-corrected chi connectivity index (χ4v) is 4.21. The number of para-hydroxylation sites is 2. The molecule has 31 heavy (non-hydrogen) atoms. The van der Waals surface area contributed by atoms with Crippen LogP contribution in [0.4, 0.5) is 5.69 Å². The number of aryl methyl sites for hydroxylation is 1. The summed E-state index contributed by atoms with van der Waals surface area (Å²) >= 11 is 0. The molecule has 0 bridgehead atoms. The zero-order valence-corrected chi connectivity index (χ0v) is 17.2. The van der Waals surface area contributed by atoms with Crippen molar-refractivity contribution >= 4 is 17.5 Å². The SMILES string of the molecule is CN1C(=O)C(NC(=O)c2nc3n(n2)C(c2ccccc2)CCC3)COc2ccccc21. The van der Waals surface area contributed by atoms with E-state index in [4.69, 9.17) is 4.74 Å². The molecule has 2 aliphatic rings. The second-order valence-corrected chi connectivity index (χ2v) is 7.82. The van der Waals surface area contributed by atoms with E-state index in [1.807, 2.05) is 41.1 Å². The van der Waals surface area contributed by atoms with Crippen molar-refractivity contribution in [3.8, 4) is 5.75 Å². The number of amides is 2. The molecular formula is C23H23N5O3. The minimum atomic E-state index is -0.824. The van der Waals surface area contributed by atoms with Crippen LogP contribution in [0.15, 0.2) is 54.6 Å². The van der Waals surface area contributed by atoms with E-state index >= 15 is 0 Å². The molecule has 0 fully saturated rings. The first-order valence-electron chi connectivity index (χ1n) is 10.4. The standard InChI is InChI=1S/C23H23N5O3/c1-27-18-10-5-6-12-19(18)31-14-16(23(27)30)24-22(29)21-25-20-13-7-11-17(28(20)26-21)15-8-3-2-4-9-15/h2-6,8-10,12,16-17H,7,11,13-14H2,1H3,(H,24,29). The number of nitrogens with one attached hydrogen (secondary N) is 1. The van der Waals surface area contributed by atoms with Crippen LogP contribution in [-0.4, -0.2) is 46.3 Å². The molecule has 3 aromatic rings. The molecule has 0 saturated heterocycles. The molecule has 0 spiro atoms. The largest absolute Gasteiger partial charge is 0.489 e. The minimum Gasteiger partial charge on any atom is -0.489 e. The summed E-state index contributed by atoms with van der Waals surface area (Å²) in [5.41, 5.74) is 1.82. The van der Waals surface area contributed by atoms with Gasteiger partial charge >= 0.3 is 0 Å². The van der Waals surface area contributed by atoms with Crippen LogP contribution in [0.5, 0.6) is 5.75 Å². The number of aromatic nitrogens is 3. The molecule has 1 aromatic heterocycles. The van der Waals surface area contributed by atoms with Crippen LogP contribution in [0.3, 0.4) is 0 Å². The van der Waals surface area contributed by atoms with Gasteiger partial charge in [-0.15, -0.1) is 5.10 Å². The van der Waals surface area contributed by atoms with Crippen molar-refractivity contribution in [1.29, 1.82) is 0 Å². The van der Waals surface area contributed by atoms with E-state index in [2.05, 4.69) is 27.5 Å². The van der Waals surface area contributed by atoms with Gasteiger partial charge < -0.3 is 15.0 Å². The minimum absolute atomic E-state index is 0.0478. The highest BCUT2D eigenvalue weighted by Crippen LogP contribution is 2.31. The average Bonchev–Trinajstić information content (AvgIpc) is 3.22. The van der Waals surface area contributed by atoms with E-state index in [1.54, 1.807) is 13.1 Å². The van der Waals surface area contributed by atoms with Crippen molar-refractivity contribution in [1.82, 2.24) is 20.1 Å². The summed E-state index contributed by atoms with van der Waals surface area (Å²) in [4.78, 5) is 31.8. The first-order valence-corrected chi connectivity index (χ1v) is 10.4. The first kappa shape index (κ1) is 19.3. The molecule has 2 amide bonds. The molecule has 5 rings (SSSR count). The van der Waals surface area contributed by atoms with E-state index in [1.165, 1.54) is 4.90 Å². The number of hydrogen-bond donors (Lipinski definition) is 1. The van der Waals surface area contributed by atoms with Crippen LogP contribution in [0.1, 0.15) is 40.9 Å². The van der Waals surface area contributed by atoms with Gasteiger partial charge in [-0.25, -0.2) is 9.67 Å². The molecule has 2 aromatic carbocycles. The lowest BCUT2D eigenvalue weighted by atomic mass is 9.98. The van der Waals surface area contributed by atoms with Crippen molar-refractivity contribution in [2.75, 3.05) is 18.6 Å². The Labute approximate surface area is 179 Å². The maximum atomic E-state index is 12.9. The molecule has 0 aliphatic carbocycles. The summed E-state index contributed by atoms with van der Waals surface area (Å²) in [6.45, 7) is 0.0478. The molecule has 2 unspecified atom stereocenters. The normalized spacial score (nSPS) is 20.3. The number of nitrogens with zero attached hydrogens (tertiary/aromatic N) is 4. The Bertz CT molecular complexity index is 1130. The van der Waals surface area contributed by atoms with Gasteiger partial charge in [-0.05, 0) is 30.5 Å². The van der Waals surface area contributed by atoms with Crippen LogP contribution in [0, 0.1) is 0 Å². The van der Waals surface area contributed by atoms with Crippen molar-refractivity contribution in [3.63, 3.8) is 0 Å². The predicted molar refractivity (Wildman–Crippen MR) is 114 cm³/mol. The smallest absolute Gasteiger partial charge is 0.291 e. The summed E-state index contributed by atoms with van der Waals surface area (Å²) in [7, 11) is 1.67. The number of rotatable bonds is 3. The Balaban J connectivity index is 1.36. The van der Waals surface area contributed by atoms with Crippen molar-refractivity contribution in [2.24, 2.45) is 0 Å². The van der Waals surface area contributed by atoms with Gasteiger partial charge in [-0.1, -0.05) is 42.5 Å². The van der Waals surface area contributed by atoms with Gasteiger partial charge in [0.05, 0.1) is 11.7 Å². The number of likely N-dealkylation sites (N-methyl/N-ethyl adjacent to an activating group) is 1. The molecule has 3 heterocycles. The number of carbonyl (C=O) groups excluding carboxylic acids is 2. The quantitative estimate of drug-likeness (QED) is 0.707. The summed E-state index contributed by atoms with van der Waals surface area (Å²) in [5.74, 6) is 0.754. The molecule has 2 aliphatic heterocycles. The van der Waals surface area contributed by atoms with E-state index < -0.39 is 11.9 Å². The maximum absolute atomic E-state index is 12.9. The lowest BCUT2D eigenvalue weighted by Gasteiger charge is -2.23.